The molecule has 0 aromatic carbocycles. The summed E-state index contributed by atoms with van der Waals surface area (Å²) < 4.78 is 1.57. The molecule has 0 spiro atoms. The van der Waals surface area contributed by atoms with Crippen molar-refractivity contribution in [3.05, 3.63) is 32.7 Å². The summed E-state index contributed by atoms with van der Waals surface area (Å²) >= 11 is 10.5. The van der Waals surface area contributed by atoms with Crippen LogP contribution in [0.5, 0.6) is 0 Å². The van der Waals surface area contributed by atoms with Gasteiger partial charge in [0.15, 0.2) is 0 Å². The smallest absolute Gasteiger partial charge is 0.268 e. The summed E-state index contributed by atoms with van der Waals surface area (Å²) in [6.45, 7) is 0.518. The normalized spacial score (nSPS) is 22.1. The first-order chi connectivity index (χ1) is 9.58. The fourth-order valence-electron chi connectivity index (χ4n) is 2.16. The van der Waals surface area contributed by atoms with Crippen molar-refractivity contribution in [3.63, 3.8) is 0 Å². The highest BCUT2D eigenvalue weighted by atomic mass is 79.9. The molecule has 0 unspecified atom stereocenters. The molecule has 3 heterocycles. The Bertz CT molecular complexity index is 639. The number of anilines is 1. The van der Waals surface area contributed by atoms with Gasteiger partial charge in [-0.15, -0.1) is 0 Å². The van der Waals surface area contributed by atoms with Crippen LogP contribution in [0.15, 0.2) is 21.5 Å². The lowest BCUT2D eigenvalue weighted by atomic mass is 10.1. The van der Waals surface area contributed by atoms with Crippen molar-refractivity contribution in [2.45, 2.75) is 10.9 Å². The molecule has 9 heteroatoms. The van der Waals surface area contributed by atoms with Gasteiger partial charge in [-0.2, -0.15) is 0 Å². The molecule has 0 radical (unpaired) electrons. The number of halogens is 3. The van der Waals surface area contributed by atoms with E-state index in [2.05, 4.69) is 73.4 Å². The number of hydrogen-bond donors (Lipinski definition) is 4. The Morgan fingerprint density at radius 3 is 2.90 bits per heavy atom. The monoisotopic (exact) mass is 465 g/mol. The van der Waals surface area contributed by atoms with Gasteiger partial charge in [0.2, 0.25) is 5.95 Å². The summed E-state index contributed by atoms with van der Waals surface area (Å²) in [5.41, 5.74) is 1.40. The second kappa shape index (κ2) is 5.53. The van der Waals surface area contributed by atoms with Crippen LogP contribution in [0.25, 0.3) is 0 Å². The summed E-state index contributed by atoms with van der Waals surface area (Å²) in [6, 6.07) is -0.118. The third-order valence-electron chi connectivity index (χ3n) is 3.08. The Hall–Kier alpha value is -0.800. The number of H-pyrrole nitrogens is 2. The SMILES string of the molecule is O=C1NC[C@H](Br)[C@@H](Nc2ncc[nH]2)c2c1[nH]c(Br)c2Br. The first-order valence-electron chi connectivity index (χ1n) is 5.83. The zero-order chi connectivity index (χ0) is 14.3. The highest BCUT2D eigenvalue weighted by Gasteiger charge is 2.34. The molecule has 1 amide bonds. The molecule has 0 saturated heterocycles. The highest BCUT2D eigenvalue weighted by molar-refractivity contribution is 9.13. The predicted octanol–water partition coefficient (Wildman–Crippen LogP) is 2.92. The number of rotatable bonds is 2. The standard InChI is InChI=1S/C11H10Br3N5O/c12-4-3-17-10(20)8-5(6(13)9(14)18-8)7(4)19-11-15-1-2-16-11/h1-2,4,7,18H,3H2,(H,17,20)(H2,15,16,19)/t4-,7+/m0/s1. The van der Waals surface area contributed by atoms with Gasteiger partial charge in [0.1, 0.15) is 5.69 Å². The van der Waals surface area contributed by atoms with Gasteiger partial charge in [0.05, 0.1) is 19.9 Å². The van der Waals surface area contributed by atoms with Crippen molar-refractivity contribution in [1.82, 2.24) is 20.3 Å². The van der Waals surface area contributed by atoms with Crippen LogP contribution in [0.1, 0.15) is 22.1 Å². The number of carbonyl (C=O) groups is 1. The maximum atomic E-state index is 12.1. The number of alkyl halides is 1. The number of aromatic amines is 2. The molecule has 3 rings (SSSR count). The van der Waals surface area contributed by atoms with Gasteiger partial charge in [-0.1, -0.05) is 15.9 Å². The lowest BCUT2D eigenvalue weighted by molar-refractivity contribution is 0.0952. The highest BCUT2D eigenvalue weighted by Crippen LogP contribution is 2.39. The number of nitrogens with zero attached hydrogens (tertiary/aromatic N) is 1. The molecule has 0 fully saturated rings. The number of hydrogen-bond acceptors (Lipinski definition) is 3. The average molecular weight is 468 g/mol. The molecule has 0 aliphatic carbocycles. The van der Waals surface area contributed by atoms with E-state index in [1.165, 1.54) is 0 Å². The number of aromatic nitrogens is 3. The second-order valence-corrected chi connectivity index (χ2v) is 7.09. The van der Waals surface area contributed by atoms with Crippen molar-refractivity contribution >= 4 is 59.6 Å². The topological polar surface area (TPSA) is 85.6 Å². The van der Waals surface area contributed by atoms with E-state index in [-0.39, 0.29) is 16.8 Å². The quantitative estimate of drug-likeness (QED) is 0.512. The summed E-state index contributed by atoms with van der Waals surface area (Å²) in [5, 5.41) is 6.18. The lowest BCUT2D eigenvalue weighted by Crippen LogP contribution is -2.30. The van der Waals surface area contributed by atoms with Crippen LogP contribution in [-0.2, 0) is 0 Å². The molecular weight excluding hydrogens is 458 g/mol. The summed E-state index contributed by atoms with van der Waals surface area (Å²) in [5.74, 6) is 0.531. The minimum atomic E-state index is -0.125. The van der Waals surface area contributed by atoms with Crippen molar-refractivity contribution < 1.29 is 4.79 Å². The van der Waals surface area contributed by atoms with E-state index >= 15 is 0 Å². The zero-order valence-corrected chi connectivity index (χ0v) is 14.8. The summed E-state index contributed by atoms with van der Waals surface area (Å²) in [4.78, 5) is 22.4. The van der Waals surface area contributed by atoms with Crippen LogP contribution < -0.4 is 10.6 Å². The molecule has 4 N–H and O–H groups in total. The van der Waals surface area contributed by atoms with Crippen molar-refractivity contribution in [2.75, 3.05) is 11.9 Å². The van der Waals surface area contributed by atoms with Gasteiger partial charge in [0.25, 0.3) is 5.91 Å². The summed E-state index contributed by atoms with van der Waals surface area (Å²) in [7, 11) is 0. The van der Waals surface area contributed by atoms with Crippen LogP contribution in [0.2, 0.25) is 0 Å². The largest absolute Gasteiger partial charge is 0.350 e. The molecular formula is C11H10Br3N5O. The van der Waals surface area contributed by atoms with Crippen molar-refractivity contribution in [3.8, 4) is 0 Å². The van der Waals surface area contributed by atoms with Crippen LogP contribution in [0, 0.1) is 0 Å². The molecule has 1 aliphatic heterocycles. The Balaban J connectivity index is 2.07. The van der Waals surface area contributed by atoms with Gasteiger partial charge < -0.3 is 20.6 Å². The van der Waals surface area contributed by atoms with E-state index in [9.17, 15) is 4.79 Å². The second-order valence-electron chi connectivity index (χ2n) is 4.33. The van der Waals surface area contributed by atoms with E-state index in [1.54, 1.807) is 12.4 Å². The molecule has 1 aliphatic rings. The van der Waals surface area contributed by atoms with Gasteiger partial charge in [-0.3, -0.25) is 4.79 Å². The number of fused-ring (bicyclic) bond motifs is 1. The maximum absolute atomic E-state index is 12.1. The Kier molecular flexibility index (Phi) is 3.91. The van der Waals surface area contributed by atoms with Crippen molar-refractivity contribution in [1.29, 1.82) is 0 Å². The average Bonchev–Trinajstić information content (AvgIpc) is 3.00. The minimum Gasteiger partial charge on any atom is -0.350 e. The molecule has 6 nitrogen and oxygen atoms in total. The first kappa shape index (κ1) is 14.2. The van der Waals surface area contributed by atoms with Crippen LogP contribution >= 0.6 is 47.8 Å². The number of nitrogens with one attached hydrogen (secondary N) is 4. The summed E-state index contributed by atoms with van der Waals surface area (Å²) in [6.07, 6.45) is 3.42. The Labute approximate surface area is 139 Å². The number of imidazole rings is 1. The molecule has 20 heavy (non-hydrogen) atoms. The first-order valence-corrected chi connectivity index (χ1v) is 8.33. The molecule has 2 aromatic rings. The van der Waals surface area contributed by atoms with E-state index in [0.717, 1.165) is 14.6 Å². The molecule has 2 aromatic heterocycles. The van der Waals surface area contributed by atoms with E-state index in [1.807, 2.05) is 0 Å². The van der Waals surface area contributed by atoms with E-state index in [4.69, 9.17) is 0 Å². The Morgan fingerprint density at radius 1 is 1.40 bits per heavy atom. The third kappa shape index (κ3) is 2.42. The van der Waals surface area contributed by atoms with E-state index in [0.29, 0.717) is 18.2 Å². The van der Waals surface area contributed by atoms with Crippen LogP contribution in [0.4, 0.5) is 5.95 Å². The van der Waals surface area contributed by atoms with Gasteiger partial charge in [-0.25, -0.2) is 4.98 Å². The maximum Gasteiger partial charge on any atom is 0.268 e. The van der Waals surface area contributed by atoms with Gasteiger partial charge in [-0.05, 0) is 31.9 Å². The Morgan fingerprint density at radius 2 is 2.20 bits per heavy atom. The zero-order valence-electron chi connectivity index (χ0n) is 10.0. The van der Waals surface area contributed by atoms with Crippen molar-refractivity contribution in [2.24, 2.45) is 0 Å². The predicted molar refractivity (Wildman–Crippen MR) is 86.2 cm³/mol. The van der Waals surface area contributed by atoms with Crippen LogP contribution in [-0.4, -0.2) is 32.2 Å². The molecule has 0 bridgehead atoms. The third-order valence-corrected chi connectivity index (χ3v) is 5.88. The molecule has 0 saturated carbocycles. The lowest BCUT2D eigenvalue weighted by Gasteiger charge is -2.21. The van der Waals surface area contributed by atoms with Gasteiger partial charge >= 0.3 is 0 Å². The minimum absolute atomic E-state index is 0.0248. The number of amides is 1. The fraction of sp³-hybridized carbons (Fsp3) is 0.273. The van der Waals surface area contributed by atoms with Crippen LogP contribution in [0.3, 0.4) is 0 Å². The fourth-order valence-corrected chi connectivity index (χ4v) is 3.68. The molecule has 106 valence electrons. The van der Waals surface area contributed by atoms with E-state index < -0.39 is 0 Å². The number of carbonyl (C=O) groups excluding carboxylic acids is 1. The molecule has 2 atom stereocenters. The van der Waals surface area contributed by atoms with Gasteiger partial charge in [0, 0.05) is 24.5 Å².